The van der Waals surface area contributed by atoms with Crippen LogP contribution in [0.25, 0.3) is 0 Å². The molecule has 68 valence electrons. The van der Waals surface area contributed by atoms with Gasteiger partial charge in [0.05, 0.1) is 5.75 Å². The van der Waals surface area contributed by atoms with Gasteiger partial charge in [0.25, 0.3) is 0 Å². The minimum atomic E-state index is -0.806. The van der Waals surface area contributed by atoms with Gasteiger partial charge >= 0.3 is 5.97 Å². The minimum absolute atomic E-state index is 0.0154. The summed E-state index contributed by atoms with van der Waals surface area (Å²) in [6.45, 7) is 0. The number of carboxylic acid groups (broad SMARTS) is 1. The van der Waals surface area contributed by atoms with Gasteiger partial charge in [0, 0.05) is 18.2 Å². The number of rotatable bonds is 3. The zero-order valence-corrected chi connectivity index (χ0v) is 7.39. The highest BCUT2D eigenvalue weighted by Gasteiger charge is 2.18. The molecule has 0 radical (unpaired) electrons. The Labute approximate surface area is 74.7 Å². The average Bonchev–Trinajstić information content (AvgIpc) is 2.01. The van der Waals surface area contributed by atoms with Crippen LogP contribution in [0.5, 0.6) is 0 Å². The zero-order valence-electron chi connectivity index (χ0n) is 6.58. The number of carboxylic acids is 1. The Bertz CT molecular complexity index is 195. The van der Waals surface area contributed by atoms with Crippen molar-refractivity contribution in [3.8, 4) is 0 Å². The maximum Gasteiger partial charge on any atom is 0.303 e. The normalized spacial score (nSPS) is 23.3. The molecule has 1 aliphatic heterocycles. The second-order valence-corrected chi connectivity index (χ2v) is 3.74. The van der Waals surface area contributed by atoms with Gasteiger partial charge in [0.1, 0.15) is 0 Å². The summed E-state index contributed by atoms with van der Waals surface area (Å²) in [5, 5.41) is 11.1. The lowest BCUT2D eigenvalue weighted by atomic mass is 10.2. The molecule has 1 atom stereocenters. The number of hydrogen-bond donors (Lipinski definition) is 2. The van der Waals surface area contributed by atoms with Crippen molar-refractivity contribution in [2.24, 2.45) is 0 Å². The third kappa shape index (κ3) is 3.13. The van der Waals surface area contributed by atoms with Gasteiger partial charge in [0.15, 0.2) is 0 Å². The third-order valence-electron chi connectivity index (χ3n) is 1.62. The summed E-state index contributed by atoms with van der Waals surface area (Å²) >= 11 is 1.56. The Morgan fingerprint density at radius 1 is 1.75 bits per heavy atom. The van der Waals surface area contributed by atoms with Crippen molar-refractivity contribution in [2.75, 3.05) is 11.5 Å². The van der Waals surface area contributed by atoms with Crippen molar-refractivity contribution >= 4 is 23.6 Å². The van der Waals surface area contributed by atoms with Gasteiger partial charge in [0.2, 0.25) is 5.91 Å². The van der Waals surface area contributed by atoms with E-state index in [4.69, 9.17) is 5.11 Å². The summed E-state index contributed by atoms with van der Waals surface area (Å²) in [6, 6.07) is 0.0485. The van der Waals surface area contributed by atoms with E-state index >= 15 is 0 Å². The van der Waals surface area contributed by atoms with E-state index in [1.807, 2.05) is 0 Å². The molecule has 2 N–H and O–H groups in total. The Morgan fingerprint density at radius 2 is 2.50 bits per heavy atom. The highest BCUT2D eigenvalue weighted by molar-refractivity contribution is 8.00. The Morgan fingerprint density at radius 3 is 3.08 bits per heavy atom. The lowest BCUT2D eigenvalue weighted by Gasteiger charge is -2.21. The van der Waals surface area contributed by atoms with Crippen molar-refractivity contribution in [2.45, 2.75) is 18.9 Å². The van der Waals surface area contributed by atoms with Crippen molar-refractivity contribution in [1.29, 1.82) is 0 Å². The summed E-state index contributed by atoms with van der Waals surface area (Å²) < 4.78 is 0. The molecule has 1 unspecified atom stereocenters. The molecule has 1 saturated heterocycles. The number of carbonyl (C=O) groups is 2. The molecule has 12 heavy (non-hydrogen) atoms. The van der Waals surface area contributed by atoms with Crippen LogP contribution in [0.15, 0.2) is 0 Å². The van der Waals surface area contributed by atoms with Gasteiger partial charge in [-0.25, -0.2) is 0 Å². The van der Waals surface area contributed by atoms with Gasteiger partial charge in [-0.3, -0.25) is 9.59 Å². The molecule has 1 heterocycles. The van der Waals surface area contributed by atoms with Crippen molar-refractivity contribution < 1.29 is 14.7 Å². The molecule has 0 aliphatic carbocycles. The van der Waals surface area contributed by atoms with Crippen molar-refractivity contribution in [3.05, 3.63) is 0 Å². The molecule has 0 bridgehead atoms. The van der Waals surface area contributed by atoms with Crippen molar-refractivity contribution in [3.63, 3.8) is 0 Å². The molecular formula is C7H11NO3S. The van der Waals surface area contributed by atoms with Crippen LogP contribution < -0.4 is 5.32 Å². The molecule has 5 heteroatoms. The Hall–Kier alpha value is -0.710. The average molecular weight is 189 g/mol. The Balaban J connectivity index is 2.23. The third-order valence-corrected chi connectivity index (χ3v) is 2.73. The molecule has 1 aliphatic rings. The molecular weight excluding hydrogens is 178 g/mol. The van der Waals surface area contributed by atoms with E-state index in [9.17, 15) is 9.59 Å². The van der Waals surface area contributed by atoms with Crippen LogP contribution in [0.3, 0.4) is 0 Å². The standard InChI is InChI=1S/C7H11NO3S/c9-6-4-12-3-5(8-6)1-2-7(10)11/h5H,1-4H2,(H,8,9)(H,10,11). The molecule has 1 rings (SSSR count). The summed E-state index contributed by atoms with van der Waals surface area (Å²) in [5.41, 5.74) is 0. The predicted octanol–water partition coefficient (Wildman–Crippen LogP) is 0.0828. The summed E-state index contributed by atoms with van der Waals surface area (Å²) in [5.74, 6) is 0.546. The minimum Gasteiger partial charge on any atom is -0.481 e. The molecule has 4 nitrogen and oxygen atoms in total. The molecule has 0 saturated carbocycles. The summed E-state index contributed by atoms with van der Waals surface area (Å²) in [6.07, 6.45) is 0.666. The fraction of sp³-hybridized carbons (Fsp3) is 0.714. The van der Waals surface area contributed by atoms with Gasteiger partial charge in [-0.05, 0) is 6.42 Å². The SMILES string of the molecule is O=C(O)CCC1CSCC(=O)N1. The molecule has 1 fully saturated rings. The first-order valence-electron chi connectivity index (χ1n) is 3.77. The van der Waals surface area contributed by atoms with Crippen LogP contribution in [0.2, 0.25) is 0 Å². The maximum absolute atomic E-state index is 10.8. The first-order valence-corrected chi connectivity index (χ1v) is 4.93. The van der Waals surface area contributed by atoms with Gasteiger partial charge in [-0.15, -0.1) is 11.8 Å². The van der Waals surface area contributed by atoms with E-state index in [1.165, 1.54) is 0 Å². The predicted molar refractivity (Wildman–Crippen MR) is 46.1 cm³/mol. The topological polar surface area (TPSA) is 66.4 Å². The van der Waals surface area contributed by atoms with Crippen LogP contribution in [-0.2, 0) is 9.59 Å². The molecule has 0 aromatic rings. The first kappa shape index (κ1) is 9.38. The second kappa shape index (κ2) is 4.35. The second-order valence-electron chi connectivity index (χ2n) is 2.71. The van der Waals surface area contributed by atoms with E-state index in [0.29, 0.717) is 12.2 Å². The largest absolute Gasteiger partial charge is 0.481 e. The van der Waals surface area contributed by atoms with E-state index in [-0.39, 0.29) is 18.4 Å². The Kier molecular flexibility index (Phi) is 3.40. The van der Waals surface area contributed by atoms with Gasteiger partial charge in [-0.1, -0.05) is 0 Å². The highest BCUT2D eigenvalue weighted by atomic mass is 32.2. The van der Waals surface area contributed by atoms with Crippen LogP contribution in [-0.4, -0.2) is 34.5 Å². The number of carbonyl (C=O) groups excluding carboxylic acids is 1. The number of hydrogen-bond acceptors (Lipinski definition) is 3. The smallest absolute Gasteiger partial charge is 0.303 e. The fourth-order valence-electron chi connectivity index (χ4n) is 1.06. The van der Waals surface area contributed by atoms with Crippen LogP contribution >= 0.6 is 11.8 Å². The van der Waals surface area contributed by atoms with Crippen LogP contribution in [0, 0.1) is 0 Å². The van der Waals surface area contributed by atoms with E-state index in [1.54, 1.807) is 11.8 Å². The highest BCUT2D eigenvalue weighted by Crippen LogP contribution is 2.12. The zero-order chi connectivity index (χ0) is 8.97. The number of thioether (sulfide) groups is 1. The number of nitrogens with one attached hydrogen (secondary N) is 1. The summed E-state index contributed by atoms with van der Waals surface area (Å²) in [7, 11) is 0. The van der Waals surface area contributed by atoms with Gasteiger partial charge < -0.3 is 10.4 Å². The van der Waals surface area contributed by atoms with E-state index in [0.717, 1.165) is 5.75 Å². The molecule has 0 aromatic heterocycles. The van der Waals surface area contributed by atoms with E-state index in [2.05, 4.69) is 5.32 Å². The maximum atomic E-state index is 10.8. The molecule has 1 amide bonds. The quantitative estimate of drug-likeness (QED) is 0.660. The fourth-order valence-corrected chi connectivity index (χ4v) is 1.98. The van der Waals surface area contributed by atoms with E-state index < -0.39 is 5.97 Å². The van der Waals surface area contributed by atoms with Crippen LogP contribution in [0.4, 0.5) is 0 Å². The monoisotopic (exact) mass is 189 g/mol. The van der Waals surface area contributed by atoms with Crippen LogP contribution in [0.1, 0.15) is 12.8 Å². The van der Waals surface area contributed by atoms with Crippen molar-refractivity contribution in [1.82, 2.24) is 5.32 Å². The summed E-state index contributed by atoms with van der Waals surface area (Å²) in [4.78, 5) is 21.0. The molecule has 0 aromatic carbocycles. The molecule has 0 spiro atoms. The number of amides is 1. The lowest BCUT2D eigenvalue weighted by Crippen LogP contribution is -2.42. The number of aliphatic carboxylic acids is 1. The lowest BCUT2D eigenvalue weighted by molar-refractivity contribution is -0.137. The first-order chi connectivity index (χ1) is 5.68. The van der Waals surface area contributed by atoms with Gasteiger partial charge in [-0.2, -0.15) is 0 Å².